The molecule has 0 spiro atoms. The summed E-state index contributed by atoms with van der Waals surface area (Å²) in [5.41, 5.74) is 5.15. The Morgan fingerprint density at radius 1 is 1.57 bits per heavy atom. The van der Waals surface area contributed by atoms with Gasteiger partial charge in [-0.25, -0.2) is 0 Å². The van der Waals surface area contributed by atoms with Gasteiger partial charge in [0.1, 0.15) is 0 Å². The summed E-state index contributed by atoms with van der Waals surface area (Å²) in [5.74, 6) is -0.215. The lowest BCUT2D eigenvalue weighted by molar-refractivity contribution is -0.125. The van der Waals surface area contributed by atoms with Crippen LogP contribution in [0, 0.1) is 0 Å². The SMILES string of the molecule is CCCNC1(C(N)=O)CCCC(Sc2cccc(Cl)c2)C1. The van der Waals surface area contributed by atoms with Crippen molar-refractivity contribution < 1.29 is 4.79 Å². The molecule has 2 rings (SSSR count). The minimum atomic E-state index is -0.537. The van der Waals surface area contributed by atoms with E-state index in [0.717, 1.165) is 48.6 Å². The highest BCUT2D eigenvalue weighted by Crippen LogP contribution is 2.38. The average molecular weight is 327 g/mol. The van der Waals surface area contributed by atoms with E-state index < -0.39 is 5.54 Å². The van der Waals surface area contributed by atoms with E-state index in [1.807, 2.05) is 18.2 Å². The van der Waals surface area contributed by atoms with Crippen LogP contribution in [-0.2, 0) is 4.79 Å². The van der Waals surface area contributed by atoms with Crippen LogP contribution in [0.25, 0.3) is 0 Å². The van der Waals surface area contributed by atoms with E-state index in [0.29, 0.717) is 5.25 Å². The molecule has 0 radical (unpaired) electrons. The lowest BCUT2D eigenvalue weighted by atomic mass is 9.80. The summed E-state index contributed by atoms with van der Waals surface area (Å²) in [7, 11) is 0. The third-order valence-electron chi connectivity index (χ3n) is 3.99. The zero-order valence-electron chi connectivity index (χ0n) is 12.4. The van der Waals surface area contributed by atoms with Crippen LogP contribution in [0.2, 0.25) is 5.02 Å². The molecular weight excluding hydrogens is 304 g/mol. The van der Waals surface area contributed by atoms with Crippen molar-refractivity contribution in [2.45, 2.75) is 54.7 Å². The van der Waals surface area contributed by atoms with Crippen molar-refractivity contribution in [1.82, 2.24) is 5.32 Å². The lowest BCUT2D eigenvalue weighted by Gasteiger charge is -2.39. The number of nitrogens with two attached hydrogens (primary N) is 1. The number of amides is 1. The second-order valence-corrected chi connectivity index (χ2v) is 7.48. The molecule has 2 unspecified atom stereocenters. The molecule has 0 aromatic heterocycles. The Hall–Kier alpha value is -0.710. The van der Waals surface area contributed by atoms with Gasteiger partial charge in [-0.05, 0) is 56.8 Å². The Kier molecular flexibility index (Phi) is 5.97. The maximum atomic E-state index is 12.0. The molecular formula is C16H23ClN2OS. The third-order valence-corrected chi connectivity index (χ3v) is 5.49. The van der Waals surface area contributed by atoms with Gasteiger partial charge in [-0.15, -0.1) is 11.8 Å². The predicted molar refractivity (Wildman–Crippen MR) is 89.8 cm³/mol. The highest BCUT2D eigenvalue weighted by atomic mass is 35.5. The summed E-state index contributed by atoms with van der Waals surface area (Å²) in [6.07, 6.45) is 4.77. The van der Waals surface area contributed by atoms with Gasteiger partial charge in [0.25, 0.3) is 0 Å². The molecule has 1 saturated carbocycles. The van der Waals surface area contributed by atoms with Crippen LogP contribution < -0.4 is 11.1 Å². The van der Waals surface area contributed by atoms with Crippen LogP contribution >= 0.6 is 23.4 Å². The van der Waals surface area contributed by atoms with Crippen LogP contribution in [0.1, 0.15) is 39.0 Å². The first-order valence-electron chi connectivity index (χ1n) is 7.53. The summed E-state index contributed by atoms with van der Waals surface area (Å²) in [5, 5.41) is 4.55. The molecule has 1 aliphatic rings. The standard InChI is InChI=1S/C16H23ClN2OS/c1-2-9-19-16(15(18)20)8-4-7-14(11-16)21-13-6-3-5-12(17)10-13/h3,5-6,10,14,19H,2,4,7-9,11H2,1H3,(H2,18,20). The van der Waals surface area contributed by atoms with Crippen LogP contribution in [-0.4, -0.2) is 23.2 Å². The number of carbonyl (C=O) groups excluding carboxylic acids is 1. The van der Waals surface area contributed by atoms with Crippen LogP contribution in [0.4, 0.5) is 0 Å². The van der Waals surface area contributed by atoms with Crippen molar-refractivity contribution in [1.29, 1.82) is 0 Å². The molecule has 1 aromatic rings. The molecule has 21 heavy (non-hydrogen) atoms. The number of thioether (sulfide) groups is 1. The molecule has 1 fully saturated rings. The van der Waals surface area contributed by atoms with Crippen molar-refractivity contribution >= 4 is 29.3 Å². The zero-order chi connectivity index (χ0) is 15.3. The molecule has 0 saturated heterocycles. The molecule has 1 aliphatic carbocycles. The Balaban J connectivity index is 2.06. The van der Waals surface area contributed by atoms with E-state index in [-0.39, 0.29) is 5.91 Å². The Morgan fingerprint density at radius 3 is 3.05 bits per heavy atom. The summed E-state index contributed by atoms with van der Waals surface area (Å²) in [4.78, 5) is 13.1. The molecule has 1 aromatic carbocycles. The van der Waals surface area contributed by atoms with Crippen molar-refractivity contribution in [2.75, 3.05) is 6.54 Å². The van der Waals surface area contributed by atoms with Gasteiger partial charge in [-0.3, -0.25) is 4.79 Å². The van der Waals surface area contributed by atoms with Crippen LogP contribution in [0.5, 0.6) is 0 Å². The molecule has 1 amide bonds. The van der Waals surface area contributed by atoms with E-state index in [2.05, 4.69) is 18.3 Å². The van der Waals surface area contributed by atoms with Crippen molar-refractivity contribution in [3.63, 3.8) is 0 Å². The summed E-state index contributed by atoms with van der Waals surface area (Å²) in [6, 6.07) is 7.88. The minimum absolute atomic E-state index is 0.215. The molecule has 0 aliphatic heterocycles. The first kappa shape index (κ1) is 16.7. The van der Waals surface area contributed by atoms with Gasteiger partial charge in [0.2, 0.25) is 5.91 Å². The highest BCUT2D eigenvalue weighted by Gasteiger charge is 2.41. The van der Waals surface area contributed by atoms with Gasteiger partial charge in [0, 0.05) is 15.2 Å². The molecule has 116 valence electrons. The van der Waals surface area contributed by atoms with Crippen LogP contribution in [0.3, 0.4) is 0 Å². The highest BCUT2D eigenvalue weighted by molar-refractivity contribution is 8.00. The minimum Gasteiger partial charge on any atom is -0.368 e. The quantitative estimate of drug-likeness (QED) is 0.839. The Morgan fingerprint density at radius 2 is 2.38 bits per heavy atom. The molecule has 5 heteroatoms. The number of primary amides is 1. The average Bonchev–Trinajstić information content (AvgIpc) is 2.45. The monoisotopic (exact) mass is 326 g/mol. The summed E-state index contributed by atoms with van der Waals surface area (Å²) < 4.78 is 0. The molecule has 3 nitrogen and oxygen atoms in total. The van der Waals surface area contributed by atoms with Gasteiger partial charge in [-0.1, -0.05) is 24.6 Å². The number of nitrogens with one attached hydrogen (secondary N) is 1. The fraction of sp³-hybridized carbons (Fsp3) is 0.562. The van der Waals surface area contributed by atoms with E-state index in [1.54, 1.807) is 11.8 Å². The molecule has 2 atom stereocenters. The van der Waals surface area contributed by atoms with Crippen molar-refractivity contribution in [2.24, 2.45) is 5.73 Å². The summed E-state index contributed by atoms with van der Waals surface area (Å²) in [6.45, 7) is 2.93. The third kappa shape index (κ3) is 4.38. The van der Waals surface area contributed by atoms with Gasteiger partial charge >= 0.3 is 0 Å². The number of benzene rings is 1. The molecule has 3 N–H and O–H groups in total. The maximum Gasteiger partial charge on any atom is 0.237 e. The number of hydrogen-bond donors (Lipinski definition) is 2. The number of halogens is 1. The molecule has 0 bridgehead atoms. The largest absolute Gasteiger partial charge is 0.368 e. The van der Waals surface area contributed by atoms with Gasteiger partial charge in [0.15, 0.2) is 0 Å². The topological polar surface area (TPSA) is 55.1 Å². The summed E-state index contributed by atoms with van der Waals surface area (Å²) >= 11 is 7.84. The number of carbonyl (C=O) groups is 1. The molecule has 0 heterocycles. The fourth-order valence-corrected chi connectivity index (χ4v) is 4.54. The van der Waals surface area contributed by atoms with Gasteiger partial charge in [0.05, 0.1) is 5.54 Å². The smallest absolute Gasteiger partial charge is 0.237 e. The maximum absolute atomic E-state index is 12.0. The number of rotatable bonds is 6. The first-order chi connectivity index (χ1) is 10.1. The van der Waals surface area contributed by atoms with Crippen molar-refractivity contribution in [3.8, 4) is 0 Å². The van der Waals surface area contributed by atoms with Crippen molar-refractivity contribution in [3.05, 3.63) is 29.3 Å². The Labute approximate surface area is 136 Å². The van der Waals surface area contributed by atoms with Crippen LogP contribution in [0.15, 0.2) is 29.2 Å². The second kappa shape index (κ2) is 7.52. The zero-order valence-corrected chi connectivity index (χ0v) is 14.0. The fourth-order valence-electron chi connectivity index (χ4n) is 2.89. The van der Waals surface area contributed by atoms with Gasteiger partial charge in [-0.2, -0.15) is 0 Å². The second-order valence-electron chi connectivity index (χ2n) is 5.67. The first-order valence-corrected chi connectivity index (χ1v) is 8.78. The van der Waals surface area contributed by atoms with E-state index in [4.69, 9.17) is 17.3 Å². The van der Waals surface area contributed by atoms with Gasteiger partial charge < -0.3 is 11.1 Å². The predicted octanol–water partition coefficient (Wildman–Crippen LogP) is 3.60. The lowest BCUT2D eigenvalue weighted by Crippen LogP contribution is -2.58. The normalized spacial score (nSPS) is 25.7. The Bertz CT molecular complexity index is 497. The van der Waals surface area contributed by atoms with E-state index in [1.165, 1.54) is 0 Å². The van der Waals surface area contributed by atoms with E-state index in [9.17, 15) is 4.79 Å². The number of hydrogen-bond acceptors (Lipinski definition) is 3. The van der Waals surface area contributed by atoms with E-state index >= 15 is 0 Å².